The van der Waals surface area contributed by atoms with Crippen LogP contribution in [0.3, 0.4) is 0 Å². The number of esters is 1. The second kappa shape index (κ2) is 9.21. The molecule has 0 aromatic carbocycles. The monoisotopic (exact) mass is 420 g/mol. The first-order chi connectivity index (χ1) is 14.1. The number of ether oxygens (including phenoxy) is 2. The summed E-state index contributed by atoms with van der Waals surface area (Å²) in [5.74, 6) is 2.71. The van der Waals surface area contributed by atoms with Crippen LogP contribution in [-0.2, 0) is 21.8 Å². The van der Waals surface area contributed by atoms with E-state index in [9.17, 15) is 4.79 Å². The van der Waals surface area contributed by atoms with Crippen molar-refractivity contribution in [3.63, 3.8) is 0 Å². The van der Waals surface area contributed by atoms with Crippen LogP contribution < -0.4 is 4.90 Å². The van der Waals surface area contributed by atoms with Crippen LogP contribution in [0.4, 0.5) is 5.95 Å². The van der Waals surface area contributed by atoms with Crippen molar-refractivity contribution in [2.75, 3.05) is 31.7 Å². The van der Waals surface area contributed by atoms with Gasteiger partial charge in [0, 0.05) is 19.7 Å². The van der Waals surface area contributed by atoms with Crippen LogP contribution in [0.2, 0.25) is 0 Å². The lowest BCUT2D eigenvalue weighted by Crippen LogP contribution is -2.35. The molecule has 1 atom stereocenters. The molecule has 2 aromatic heterocycles. The van der Waals surface area contributed by atoms with Crippen molar-refractivity contribution >= 4 is 23.7 Å². The van der Waals surface area contributed by atoms with E-state index in [1.165, 1.54) is 20.0 Å². The highest BCUT2D eigenvalue weighted by Crippen LogP contribution is 2.30. The number of thioether (sulfide) groups is 1. The van der Waals surface area contributed by atoms with Gasteiger partial charge in [0.15, 0.2) is 5.16 Å². The summed E-state index contributed by atoms with van der Waals surface area (Å²) in [6, 6.07) is 3.44. The topological polar surface area (TPSA) is 82.6 Å². The van der Waals surface area contributed by atoms with Crippen LogP contribution in [0.15, 0.2) is 21.7 Å². The molecule has 0 spiro atoms. The van der Waals surface area contributed by atoms with Crippen LogP contribution >= 0.6 is 11.8 Å². The van der Waals surface area contributed by atoms with E-state index >= 15 is 0 Å². The van der Waals surface area contributed by atoms with E-state index in [0.717, 1.165) is 56.1 Å². The fourth-order valence-electron chi connectivity index (χ4n) is 3.78. The third kappa shape index (κ3) is 4.78. The third-order valence-corrected chi connectivity index (χ3v) is 6.55. The van der Waals surface area contributed by atoms with Crippen molar-refractivity contribution in [1.29, 1.82) is 0 Å². The average molecular weight is 421 g/mol. The van der Waals surface area contributed by atoms with Gasteiger partial charge in [-0.3, -0.25) is 4.57 Å². The molecule has 0 amide bonds. The van der Waals surface area contributed by atoms with Crippen LogP contribution in [-0.4, -0.2) is 53.6 Å². The number of methoxy groups -OCH3 is 1. The summed E-state index contributed by atoms with van der Waals surface area (Å²) in [5.41, 5.74) is 0. The quantitative estimate of drug-likeness (QED) is 0.498. The highest BCUT2D eigenvalue weighted by molar-refractivity contribution is 7.98. The zero-order chi connectivity index (χ0) is 20.2. The van der Waals surface area contributed by atoms with E-state index in [1.54, 1.807) is 23.9 Å². The molecule has 2 aromatic rings. The van der Waals surface area contributed by atoms with Gasteiger partial charge >= 0.3 is 5.97 Å². The van der Waals surface area contributed by atoms with Gasteiger partial charge in [0.2, 0.25) is 11.7 Å². The number of nitrogens with zero attached hydrogens (tertiary/aromatic N) is 4. The predicted molar refractivity (Wildman–Crippen MR) is 109 cm³/mol. The smallest absolute Gasteiger partial charge is 0.373 e. The first kappa shape index (κ1) is 20.3. The average Bonchev–Trinajstić information content (AvgIpc) is 3.48. The fraction of sp³-hybridized carbons (Fsp3) is 0.650. The van der Waals surface area contributed by atoms with E-state index in [4.69, 9.17) is 13.9 Å². The molecular weight excluding hydrogens is 392 g/mol. The first-order valence-electron chi connectivity index (χ1n) is 10.2. The molecule has 0 aliphatic carbocycles. The Labute approximate surface area is 174 Å². The number of carbonyl (C=O) groups excluding carboxylic acids is 1. The molecule has 4 heterocycles. The molecule has 0 radical (unpaired) electrons. The number of piperidine rings is 1. The van der Waals surface area contributed by atoms with Gasteiger partial charge < -0.3 is 18.8 Å². The maximum Gasteiger partial charge on any atom is 0.373 e. The molecule has 2 aliphatic rings. The van der Waals surface area contributed by atoms with Crippen LogP contribution in [0, 0.1) is 5.92 Å². The second-order valence-electron chi connectivity index (χ2n) is 7.74. The van der Waals surface area contributed by atoms with E-state index in [0.29, 0.717) is 11.5 Å². The Hall–Kier alpha value is -2.00. The molecule has 0 bridgehead atoms. The van der Waals surface area contributed by atoms with Crippen molar-refractivity contribution in [1.82, 2.24) is 14.8 Å². The molecule has 8 nitrogen and oxygen atoms in total. The van der Waals surface area contributed by atoms with Crippen LogP contribution in [0.1, 0.15) is 48.9 Å². The third-order valence-electron chi connectivity index (χ3n) is 5.57. The molecule has 2 aliphatic heterocycles. The zero-order valence-corrected chi connectivity index (χ0v) is 17.8. The number of hydrogen-bond acceptors (Lipinski definition) is 8. The lowest BCUT2D eigenvalue weighted by Gasteiger charge is -2.31. The minimum atomic E-state index is -0.468. The summed E-state index contributed by atoms with van der Waals surface area (Å²) in [5, 5.41) is 9.85. The fourth-order valence-corrected chi connectivity index (χ4v) is 4.62. The Kier molecular flexibility index (Phi) is 6.44. The number of rotatable bonds is 7. The Bertz CT molecular complexity index is 822. The van der Waals surface area contributed by atoms with E-state index in [2.05, 4.69) is 26.6 Å². The molecule has 9 heteroatoms. The molecule has 0 saturated carbocycles. The minimum absolute atomic E-state index is 0.211. The lowest BCUT2D eigenvalue weighted by molar-refractivity contribution is 0.0563. The number of furan rings is 1. The maximum atomic E-state index is 11.6. The van der Waals surface area contributed by atoms with Gasteiger partial charge in [0.1, 0.15) is 5.76 Å². The summed E-state index contributed by atoms with van der Waals surface area (Å²) in [6.45, 7) is 5.92. The SMILES string of the molecule is COC(=O)c1ccc(CSc2nnc(N3CCC(C)CC3)n2CC2CCCO2)o1. The number of anilines is 1. The number of hydrogen-bond donors (Lipinski definition) is 0. The van der Waals surface area contributed by atoms with Gasteiger partial charge in [-0.1, -0.05) is 18.7 Å². The largest absolute Gasteiger partial charge is 0.463 e. The summed E-state index contributed by atoms with van der Waals surface area (Å²) < 4.78 is 18.3. The van der Waals surface area contributed by atoms with E-state index < -0.39 is 5.97 Å². The highest BCUT2D eigenvalue weighted by Gasteiger charge is 2.26. The summed E-state index contributed by atoms with van der Waals surface area (Å²) in [7, 11) is 1.34. The molecular formula is C20H28N4O4S. The van der Waals surface area contributed by atoms with Gasteiger partial charge in [0.25, 0.3) is 0 Å². The van der Waals surface area contributed by atoms with Crippen molar-refractivity contribution in [2.24, 2.45) is 5.92 Å². The van der Waals surface area contributed by atoms with E-state index in [1.807, 2.05) is 0 Å². The minimum Gasteiger partial charge on any atom is -0.463 e. The molecule has 29 heavy (non-hydrogen) atoms. The lowest BCUT2D eigenvalue weighted by atomic mass is 10.00. The van der Waals surface area contributed by atoms with E-state index in [-0.39, 0.29) is 11.9 Å². The Balaban J connectivity index is 1.49. The zero-order valence-electron chi connectivity index (χ0n) is 17.0. The summed E-state index contributed by atoms with van der Waals surface area (Å²) in [6.07, 6.45) is 4.74. The van der Waals surface area contributed by atoms with Crippen LogP contribution in [0.5, 0.6) is 0 Å². The molecule has 1 unspecified atom stereocenters. The van der Waals surface area contributed by atoms with Crippen molar-refractivity contribution in [2.45, 2.75) is 56.2 Å². The molecule has 2 fully saturated rings. The number of aromatic nitrogens is 3. The molecule has 2 saturated heterocycles. The first-order valence-corrected chi connectivity index (χ1v) is 11.2. The molecule has 0 N–H and O–H groups in total. The normalized spacial score (nSPS) is 20.3. The molecule has 4 rings (SSSR count). The summed E-state index contributed by atoms with van der Waals surface area (Å²) >= 11 is 1.56. The standard InChI is InChI=1S/C20H28N4O4S/c1-14-7-9-23(10-8-14)19-21-22-20(24(19)12-15-4-3-11-27-15)29-13-16-5-6-17(28-16)18(25)26-2/h5-6,14-15H,3-4,7-13H2,1-2H3. The Morgan fingerprint density at radius 3 is 2.83 bits per heavy atom. The van der Waals surface area contributed by atoms with Gasteiger partial charge in [-0.05, 0) is 43.7 Å². The van der Waals surface area contributed by atoms with Gasteiger partial charge in [-0.2, -0.15) is 0 Å². The maximum absolute atomic E-state index is 11.6. The Morgan fingerprint density at radius 2 is 2.10 bits per heavy atom. The predicted octanol–water partition coefficient (Wildman–Crippen LogP) is 3.37. The number of carbonyl (C=O) groups is 1. The van der Waals surface area contributed by atoms with Gasteiger partial charge in [0.05, 0.1) is 25.5 Å². The highest BCUT2D eigenvalue weighted by atomic mass is 32.2. The molecule has 158 valence electrons. The Morgan fingerprint density at radius 1 is 1.28 bits per heavy atom. The van der Waals surface area contributed by atoms with Crippen molar-refractivity contribution < 1.29 is 18.7 Å². The van der Waals surface area contributed by atoms with Crippen molar-refractivity contribution in [3.8, 4) is 0 Å². The van der Waals surface area contributed by atoms with Crippen LogP contribution in [0.25, 0.3) is 0 Å². The van der Waals surface area contributed by atoms with Gasteiger partial charge in [-0.25, -0.2) is 4.79 Å². The summed E-state index contributed by atoms with van der Waals surface area (Å²) in [4.78, 5) is 13.9. The van der Waals surface area contributed by atoms with Crippen molar-refractivity contribution in [3.05, 3.63) is 23.7 Å². The van der Waals surface area contributed by atoms with Gasteiger partial charge in [-0.15, -0.1) is 10.2 Å². The second-order valence-corrected chi connectivity index (χ2v) is 8.69.